The van der Waals surface area contributed by atoms with Crippen molar-refractivity contribution < 1.29 is 24.2 Å². The Morgan fingerprint density at radius 2 is 0.976 bits per heavy atom. The summed E-state index contributed by atoms with van der Waals surface area (Å²) in [5.41, 5.74) is 0. The molecule has 0 aliphatic heterocycles. The van der Waals surface area contributed by atoms with Gasteiger partial charge in [-0.25, -0.2) is 0 Å². The fourth-order valence-electron chi connectivity index (χ4n) is 4.30. The lowest BCUT2D eigenvalue weighted by atomic mass is 10.1. The molecule has 0 saturated heterocycles. The van der Waals surface area contributed by atoms with E-state index in [4.69, 9.17) is 9.47 Å². The number of aliphatic hydroxyl groups excluding tert-OH is 1. The Morgan fingerprint density at radius 3 is 1.51 bits per heavy atom. The minimum absolute atomic E-state index is 0.0826. The van der Waals surface area contributed by atoms with Crippen LogP contribution >= 0.6 is 0 Å². The molecule has 0 spiro atoms. The van der Waals surface area contributed by atoms with E-state index in [1.165, 1.54) is 57.8 Å². The van der Waals surface area contributed by atoms with Crippen LogP contribution < -0.4 is 0 Å². The van der Waals surface area contributed by atoms with Gasteiger partial charge in [0.1, 0.15) is 6.61 Å². The number of allylic oxidation sites excluding steroid dienone is 8. The van der Waals surface area contributed by atoms with Gasteiger partial charge in [-0.3, -0.25) is 9.59 Å². The molecule has 0 saturated carbocycles. The van der Waals surface area contributed by atoms with Gasteiger partial charge in [0.25, 0.3) is 0 Å². The molecule has 1 N–H and O–H groups in total. The molecule has 0 amide bonds. The van der Waals surface area contributed by atoms with E-state index in [1.807, 2.05) is 0 Å². The largest absolute Gasteiger partial charge is 0.462 e. The molecule has 0 bridgehead atoms. The van der Waals surface area contributed by atoms with Crippen LogP contribution in [0.15, 0.2) is 48.6 Å². The van der Waals surface area contributed by atoms with Crippen molar-refractivity contribution in [2.24, 2.45) is 0 Å². The third-order valence-electron chi connectivity index (χ3n) is 6.88. The van der Waals surface area contributed by atoms with Crippen LogP contribution in [0.5, 0.6) is 0 Å². The number of aliphatic hydroxyl groups is 1. The Balaban J connectivity index is 3.67. The van der Waals surface area contributed by atoms with Crippen LogP contribution in [-0.4, -0.2) is 36.4 Å². The number of ether oxygens (including phenoxy) is 2. The molecule has 0 aromatic rings. The summed E-state index contributed by atoms with van der Waals surface area (Å²) >= 11 is 0. The average Bonchev–Trinajstić information content (AvgIpc) is 2.97. The van der Waals surface area contributed by atoms with Gasteiger partial charge in [-0.15, -0.1) is 0 Å². The van der Waals surface area contributed by atoms with E-state index in [0.29, 0.717) is 12.8 Å². The van der Waals surface area contributed by atoms with Crippen LogP contribution in [0.3, 0.4) is 0 Å². The van der Waals surface area contributed by atoms with Crippen molar-refractivity contribution in [3.8, 4) is 0 Å². The van der Waals surface area contributed by atoms with E-state index >= 15 is 0 Å². The number of carbonyl (C=O) groups excluding carboxylic acids is 2. The lowest BCUT2D eigenvalue weighted by Crippen LogP contribution is -2.28. The Labute approximate surface area is 252 Å². The molecule has 5 nitrogen and oxygen atoms in total. The number of carbonyl (C=O) groups is 2. The highest BCUT2D eigenvalue weighted by molar-refractivity contribution is 5.70. The second-order valence-corrected chi connectivity index (χ2v) is 10.9. The Hall–Kier alpha value is -2.14. The van der Waals surface area contributed by atoms with Crippen molar-refractivity contribution in [2.45, 2.75) is 155 Å². The second kappa shape index (κ2) is 32.4. The highest BCUT2D eigenvalue weighted by Gasteiger charge is 2.16. The fraction of sp³-hybridized carbons (Fsp3) is 0.722. The maximum Gasteiger partial charge on any atom is 0.306 e. The van der Waals surface area contributed by atoms with Gasteiger partial charge >= 0.3 is 11.9 Å². The molecule has 5 heteroatoms. The van der Waals surface area contributed by atoms with E-state index in [0.717, 1.165) is 64.2 Å². The second-order valence-electron chi connectivity index (χ2n) is 10.9. The number of esters is 2. The smallest absolute Gasteiger partial charge is 0.306 e. The topological polar surface area (TPSA) is 72.8 Å². The summed E-state index contributed by atoms with van der Waals surface area (Å²) in [6.07, 6.45) is 38.8. The van der Waals surface area contributed by atoms with Crippen LogP contribution in [-0.2, 0) is 19.1 Å². The molecule has 0 fully saturated rings. The Morgan fingerprint density at radius 1 is 0.561 bits per heavy atom. The predicted molar refractivity (Wildman–Crippen MR) is 173 cm³/mol. The summed E-state index contributed by atoms with van der Waals surface area (Å²) in [6, 6.07) is 0. The summed E-state index contributed by atoms with van der Waals surface area (Å²) in [6.45, 7) is 4.02. The lowest BCUT2D eigenvalue weighted by Gasteiger charge is -2.15. The fourth-order valence-corrected chi connectivity index (χ4v) is 4.30. The minimum Gasteiger partial charge on any atom is -0.462 e. The molecule has 0 aromatic carbocycles. The molecular weight excluding hydrogens is 512 g/mol. The van der Waals surface area contributed by atoms with Gasteiger partial charge in [-0.1, -0.05) is 127 Å². The molecule has 0 aromatic heterocycles. The summed E-state index contributed by atoms with van der Waals surface area (Å²) in [5.74, 6) is -0.636. The van der Waals surface area contributed by atoms with Crippen molar-refractivity contribution in [1.82, 2.24) is 0 Å². The quantitative estimate of drug-likeness (QED) is 0.0547. The van der Waals surface area contributed by atoms with E-state index < -0.39 is 6.10 Å². The number of hydrogen-bond donors (Lipinski definition) is 1. The molecule has 0 aliphatic rings. The van der Waals surface area contributed by atoms with Crippen molar-refractivity contribution in [3.63, 3.8) is 0 Å². The van der Waals surface area contributed by atoms with Gasteiger partial charge in [-0.05, 0) is 57.8 Å². The summed E-state index contributed by atoms with van der Waals surface area (Å²) in [7, 11) is 0. The zero-order chi connectivity index (χ0) is 30.1. The number of hydrogen-bond acceptors (Lipinski definition) is 5. The van der Waals surface area contributed by atoms with Crippen LogP contribution in [0, 0.1) is 0 Å². The average molecular weight is 575 g/mol. The lowest BCUT2D eigenvalue weighted by molar-refractivity contribution is -0.161. The summed E-state index contributed by atoms with van der Waals surface area (Å²) < 4.78 is 10.5. The number of unbranched alkanes of at least 4 members (excludes halogenated alkanes) is 13. The zero-order valence-corrected chi connectivity index (χ0v) is 26.5. The number of rotatable bonds is 29. The maximum atomic E-state index is 12.0. The molecule has 1 atom stereocenters. The minimum atomic E-state index is -0.780. The van der Waals surface area contributed by atoms with Gasteiger partial charge in [0.15, 0.2) is 6.10 Å². The predicted octanol–water partition coefficient (Wildman–Crippen LogP) is 9.89. The van der Waals surface area contributed by atoms with Crippen LogP contribution in [0.25, 0.3) is 0 Å². The van der Waals surface area contributed by atoms with Crippen LogP contribution in [0.4, 0.5) is 0 Å². The molecule has 0 aliphatic carbocycles. The summed E-state index contributed by atoms with van der Waals surface area (Å²) in [4.78, 5) is 24.0. The normalized spacial score (nSPS) is 12.8. The Kier molecular flexibility index (Phi) is 30.7. The van der Waals surface area contributed by atoms with Gasteiger partial charge in [0, 0.05) is 12.8 Å². The molecule has 0 rings (SSSR count). The van der Waals surface area contributed by atoms with Gasteiger partial charge in [0.05, 0.1) is 6.61 Å². The maximum absolute atomic E-state index is 12.0. The SMILES string of the molecule is CCCCC/C=C/C/C=C/C/C=C/C/C=C/CCCCCC(=O)OC[C@H](CO)OC(=O)CCCCCCCCCC. The first-order valence-corrected chi connectivity index (χ1v) is 16.7. The third kappa shape index (κ3) is 30.6. The first kappa shape index (κ1) is 38.9. The van der Waals surface area contributed by atoms with Crippen LogP contribution in [0.2, 0.25) is 0 Å². The van der Waals surface area contributed by atoms with E-state index in [1.54, 1.807) is 0 Å². The summed E-state index contributed by atoms with van der Waals surface area (Å²) in [5, 5.41) is 9.46. The van der Waals surface area contributed by atoms with E-state index in [9.17, 15) is 14.7 Å². The van der Waals surface area contributed by atoms with Gasteiger partial charge in [-0.2, -0.15) is 0 Å². The van der Waals surface area contributed by atoms with Crippen molar-refractivity contribution >= 4 is 11.9 Å². The zero-order valence-electron chi connectivity index (χ0n) is 26.5. The van der Waals surface area contributed by atoms with Crippen LogP contribution in [0.1, 0.15) is 149 Å². The monoisotopic (exact) mass is 574 g/mol. The molecule has 0 heterocycles. The van der Waals surface area contributed by atoms with Crippen molar-refractivity contribution in [2.75, 3.05) is 13.2 Å². The Bertz CT molecular complexity index is 707. The van der Waals surface area contributed by atoms with Gasteiger partial charge in [0.2, 0.25) is 0 Å². The molecule has 0 unspecified atom stereocenters. The van der Waals surface area contributed by atoms with Crippen molar-refractivity contribution in [1.29, 1.82) is 0 Å². The molecule has 41 heavy (non-hydrogen) atoms. The highest BCUT2D eigenvalue weighted by atomic mass is 16.6. The first-order chi connectivity index (χ1) is 20.1. The standard InChI is InChI=1S/C36H62O5/c1-3-5-7-9-11-13-14-15-16-17-18-19-20-21-22-23-25-26-28-30-35(38)40-33-34(32-37)41-36(39)31-29-27-24-12-10-8-6-4-2/h11,13,15-16,18-19,21-22,34,37H,3-10,12,14,17,20,23-33H2,1-2H3/b13-11+,16-15+,19-18+,22-21+/t34-/m0/s1. The molecule has 236 valence electrons. The highest BCUT2D eigenvalue weighted by Crippen LogP contribution is 2.11. The first-order valence-electron chi connectivity index (χ1n) is 16.7. The third-order valence-corrected chi connectivity index (χ3v) is 6.88. The molecule has 0 radical (unpaired) electrons. The van der Waals surface area contributed by atoms with E-state index in [-0.39, 0.29) is 25.2 Å². The molecular formula is C36H62O5. The van der Waals surface area contributed by atoms with Gasteiger partial charge < -0.3 is 14.6 Å². The van der Waals surface area contributed by atoms with E-state index in [2.05, 4.69) is 62.5 Å². The van der Waals surface area contributed by atoms with Crippen molar-refractivity contribution in [3.05, 3.63) is 48.6 Å².